The van der Waals surface area contributed by atoms with Gasteiger partial charge in [-0.15, -0.1) is 0 Å². The monoisotopic (exact) mass is 504 g/mol. The van der Waals surface area contributed by atoms with Gasteiger partial charge in [-0.1, -0.05) is 50.2 Å². The van der Waals surface area contributed by atoms with E-state index in [1.54, 1.807) is 62.4 Å². The molecule has 4 N–H and O–H groups in total. The number of thiocarbonyl (C=S) groups is 1. The van der Waals surface area contributed by atoms with Crippen molar-refractivity contribution in [2.45, 2.75) is 20.3 Å². The first kappa shape index (κ1) is 26.4. The lowest BCUT2D eigenvalue weighted by Crippen LogP contribution is -2.48. The van der Waals surface area contributed by atoms with E-state index in [1.165, 1.54) is 5.56 Å². The lowest BCUT2D eigenvalue weighted by Gasteiger charge is -2.12. The summed E-state index contributed by atoms with van der Waals surface area (Å²) in [7, 11) is 0. The topological polar surface area (TPSA) is 109 Å². The average molecular weight is 505 g/mol. The van der Waals surface area contributed by atoms with Crippen molar-refractivity contribution in [2.24, 2.45) is 5.92 Å². The van der Waals surface area contributed by atoms with E-state index >= 15 is 0 Å². The Balaban J connectivity index is 1.45. The predicted molar refractivity (Wildman–Crippen MR) is 143 cm³/mol. The third-order valence-electron chi connectivity index (χ3n) is 5.05. The van der Waals surface area contributed by atoms with Crippen molar-refractivity contribution in [3.05, 3.63) is 95.6 Å². The fraction of sp³-hybridized carbons (Fsp3) is 0.185. The lowest BCUT2D eigenvalue weighted by molar-refractivity contribution is -0.118. The molecule has 0 radical (unpaired) electrons. The molecule has 3 aromatic carbocycles. The maximum atomic E-state index is 12.5. The van der Waals surface area contributed by atoms with Crippen LogP contribution in [0, 0.1) is 5.92 Å². The Morgan fingerprint density at radius 3 is 2.25 bits per heavy atom. The fourth-order valence-electron chi connectivity index (χ4n) is 3.04. The summed E-state index contributed by atoms with van der Waals surface area (Å²) in [6.45, 7) is 4.07. The van der Waals surface area contributed by atoms with Gasteiger partial charge < -0.3 is 10.1 Å². The Bertz CT molecular complexity index is 1210. The first-order chi connectivity index (χ1) is 17.3. The van der Waals surface area contributed by atoms with Crippen LogP contribution in [0.5, 0.6) is 5.75 Å². The standard InChI is InChI=1S/C27H28N4O4S/c1-18(2)24(32)28-22-13-11-20(12-14-22)26(34)30-31-27(36)29-25(33)21-9-6-10-23(17-21)35-16-15-19-7-4-3-5-8-19/h3-14,17-18H,15-16H2,1-2H3,(H,28,32)(H,30,34)(H2,29,31,33,36). The summed E-state index contributed by atoms with van der Waals surface area (Å²) in [4.78, 5) is 36.7. The van der Waals surface area contributed by atoms with Gasteiger partial charge in [0.15, 0.2) is 5.11 Å². The zero-order valence-corrected chi connectivity index (χ0v) is 20.9. The van der Waals surface area contributed by atoms with Gasteiger partial charge in [0.25, 0.3) is 11.8 Å². The highest BCUT2D eigenvalue weighted by Gasteiger charge is 2.12. The van der Waals surface area contributed by atoms with E-state index < -0.39 is 11.8 Å². The fourth-order valence-corrected chi connectivity index (χ4v) is 3.19. The molecule has 0 heterocycles. The zero-order valence-electron chi connectivity index (χ0n) is 20.0. The van der Waals surface area contributed by atoms with Crippen LogP contribution in [-0.2, 0) is 11.2 Å². The maximum absolute atomic E-state index is 12.5. The van der Waals surface area contributed by atoms with E-state index in [9.17, 15) is 14.4 Å². The van der Waals surface area contributed by atoms with Gasteiger partial charge in [0, 0.05) is 29.2 Å². The molecule has 3 rings (SSSR count). The van der Waals surface area contributed by atoms with E-state index in [2.05, 4.69) is 21.5 Å². The van der Waals surface area contributed by atoms with E-state index in [1.807, 2.05) is 30.3 Å². The average Bonchev–Trinajstić information content (AvgIpc) is 2.88. The van der Waals surface area contributed by atoms with Crippen molar-refractivity contribution in [2.75, 3.05) is 11.9 Å². The predicted octanol–water partition coefficient (Wildman–Crippen LogP) is 3.85. The summed E-state index contributed by atoms with van der Waals surface area (Å²) in [5, 5.41) is 5.21. The second kappa shape index (κ2) is 13.0. The van der Waals surface area contributed by atoms with Gasteiger partial charge in [0.2, 0.25) is 5.91 Å². The first-order valence-electron chi connectivity index (χ1n) is 11.4. The molecule has 0 bridgehead atoms. The SMILES string of the molecule is CC(C)C(=O)Nc1ccc(C(=O)NNC(=S)NC(=O)c2cccc(OCCc3ccccc3)c2)cc1. The van der Waals surface area contributed by atoms with E-state index in [-0.39, 0.29) is 16.9 Å². The second-order valence-corrected chi connectivity index (χ2v) is 8.60. The maximum Gasteiger partial charge on any atom is 0.269 e. The number of hydrogen-bond acceptors (Lipinski definition) is 5. The highest BCUT2D eigenvalue weighted by atomic mass is 32.1. The normalized spacial score (nSPS) is 10.3. The van der Waals surface area contributed by atoms with Crippen molar-refractivity contribution in [1.29, 1.82) is 0 Å². The minimum atomic E-state index is -0.456. The Labute approximate surface area is 215 Å². The minimum absolute atomic E-state index is 0.0652. The number of rotatable bonds is 8. The van der Waals surface area contributed by atoms with Crippen LogP contribution in [0.15, 0.2) is 78.9 Å². The van der Waals surface area contributed by atoms with Gasteiger partial charge in [-0.25, -0.2) is 0 Å². The zero-order chi connectivity index (χ0) is 25.9. The Morgan fingerprint density at radius 2 is 1.56 bits per heavy atom. The number of ether oxygens (including phenoxy) is 1. The van der Waals surface area contributed by atoms with Crippen LogP contribution in [0.4, 0.5) is 5.69 Å². The lowest BCUT2D eigenvalue weighted by atomic mass is 10.1. The third-order valence-corrected chi connectivity index (χ3v) is 5.26. The summed E-state index contributed by atoms with van der Waals surface area (Å²) in [5.74, 6) is -0.594. The van der Waals surface area contributed by atoms with Crippen molar-refractivity contribution in [3.8, 4) is 5.75 Å². The van der Waals surface area contributed by atoms with Crippen molar-refractivity contribution < 1.29 is 19.1 Å². The van der Waals surface area contributed by atoms with Gasteiger partial charge >= 0.3 is 0 Å². The largest absolute Gasteiger partial charge is 0.493 e. The molecule has 36 heavy (non-hydrogen) atoms. The summed E-state index contributed by atoms with van der Waals surface area (Å²) in [6, 6.07) is 23.1. The molecule has 0 aliphatic rings. The van der Waals surface area contributed by atoms with Crippen molar-refractivity contribution >= 4 is 40.7 Å². The summed E-state index contributed by atoms with van der Waals surface area (Å²) in [6.07, 6.45) is 0.750. The number of anilines is 1. The summed E-state index contributed by atoms with van der Waals surface area (Å²) in [5.41, 5.74) is 7.41. The molecule has 0 saturated heterocycles. The molecule has 0 aliphatic carbocycles. The first-order valence-corrected chi connectivity index (χ1v) is 11.8. The van der Waals surface area contributed by atoms with Gasteiger partial charge in [0.05, 0.1) is 6.61 Å². The Kier molecular flexibility index (Phi) is 9.53. The molecule has 8 nitrogen and oxygen atoms in total. The number of nitrogens with one attached hydrogen (secondary N) is 4. The molecule has 0 spiro atoms. The Morgan fingerprint density at radius 1 is 0.833 bits per heavy atom. The van der Waals surface area contributed by atoms with Crippen LogP contribution in [0.1, 0.15) is 40.1 Å². The number of hydrazine groups is 1. The molecule has 0 aromatic heterocycles. The van der Waals surface area contributed by atoms with E-state index in [4.69, 9.17) is 17.0 Å². The molecular weight excluding hydrogens is 476 g/mol. The quantitative estimate of drug-likeness (QED) is 0.274. The van der Waals surface area contributed by atoms with Gasteiger partial charge in [-0.05, 0) is 60.2 Å². The Hall–Kier alpha value is -4.24. The molecule has 3 amide bonds. The number of carbonyl (C=O) groups is 3. The number of carbonyl (C=O) groups excluding carboxylic acids is 3. The van der Waals surface area contributed by atoms with Crippen LogP contribution < -0.4 is 26.2 Å². The third kappa shape index (κ3) is 8.21. The van der Waals surface area contributed by atoms with Gasteiger partial charge in [-0.3, -0.25) is 30.6 Å². The van der Waals surface area contributed by atoms with Crippen LogP contribution in [0.2, 0.25) is 0 Å². The molecule has 0 saturated carbocycles. The molecule has 3 aromatic rings. The van der Waals surface area contributed by atoms with Gasteiger partial charge in [-0.2, -0.15) is 0 Å². The molecule has 9 heteroatoms. The van der Waals surface area contributed by atoms with Crippen LogP contribution in [0.3, 0.4) is 0 Å². The second-order valence-electron chi connectivity index (χ2n) is 8.20. The molecule has 0 fully saturated rings. The molecular formula is C27H28N4O4S. The van der Waals surface area contributed by atoms with Crippen molar-refractivity contribution in [3.63, 3.8) is 0 Å². The van der Waals surface area contributed by atoms with Crippen LogP contribution >= 0.6 is 12.2 Å². The molecule has 186 valence electrons. The summed E-state index contributed by atoms with van der Waals surface area (Å²) >= 11 is 5.11. The van der Waals surface area contributed by atoms with Crippen molar-refractivity contribution in [1.82, 2.24) is 16.2 Å². The van der Waals surface area contributed by atoms with E-state index in [0.717, 1.165) is 6.42 Å². The smallest absolute Gasteiger partial charge is 0.269 e. The molecule has 0 aliphatic heterocycles. The highest BCUT2D eigenvalue weighted by molar-refractivity contribution is 7.80. The highest BCUT2D eigenvalue weighted by Crippen LogP contribution is 2.14. The number of hydrogen-bond donors (Lipinski definition) is 4. The molecule has 0 atom stereocenters. The number of benzene rings is 3. The number of amides is 3. The van der Waals surface area contributed by atoms with Crippen LogP contribution in [0.25, 0.3) is 0 Å². The van der Waals surface area contributed by atoms with Crippen LogP contribution in [-0.4, -0.2) is 29.4 Å². The minimum Gasteiger partial charge on any atom is -0.493 e. The van der Waals surface area contributed by atoms with E-state index in [0.29, 0.717) is 29.2 Å². The summed E-state index contributed by atoms with van der Waals surface area (Å²) < 4.78 is 5.77. The molecule has 0 unspecified atom stereocenters. The van der Waals surface area contributed by atoms with Gasteiger partial charge in [0.1, 0.15) is 5.75 Å².